The highest BCUT2D eigenvalue weighted by atomic mass is 35.5. The normalized spacial score (nSPS) is 11.5. The third-order valence-electron chi connectivity index (χ3n) is 1.61. The van der Waals surface area contributed by atoms with Gasteiger partial charge in [0.1, 0.15) is 0 Å². The molecule has 0 aliphatic rings. The molecule has 0 N–H and O–H groups in total. The number of benzene rings is 1. The van der Waals surface area contributed by atoms with Crippen LogP contribution in [0.15, 0.2) is 24.8 Å². The summed E-state index contributed by atoms with van der Waals surface area (Å²) in [5.74, 6) is 0. The highest BCUT2D eigenvalue weighted by Crippen LogP contribution is 2.34. The first-order valence-electron chi connectivity index (χ1n) is 3.54. The SMILES string of the molecule is C=C(c1ccc(Cl)c(Cl)c1)C(F)(F)F. The molecule has 0 nitrogen and oxygen atoms in total. The molecule has 0 amide bonds. The Kier molecular flexibility index (Phi) is 3.12. The molecule has 1 aromatic rings. The average Bonchev–Trinajstić information content (AvgIpc) is 2.07. The number of rotatable bonds is 1. The number of allylic oxidation sites excluding steroid dienone is 1. The first kappa shape index (κ1) is 11.4. The van der Waals surface area contributed by atoms with Crippen LogP contribution in [0.2, 0.25) is 10.0 Å². The molecule has 0 bridgehead atoms. The lowest BCUT2D eigenvalue weighted by molar-refractivity contribution is -0.0686. The van der Waals surface area contributed by atoms with Crippen molar-refractivity contribution in [3.63, 3.8) is 0 Å². The molecule has 0 heterocycles. The van der Waals surface area contributed by atoms with E-state index in [2.05, 4.69) is 6.58 Å². The molecule has 0 fully saturated rings. The van der Waals surface area contributed by atoms with Crippen LogP contribution in [0, 0.1) is 0 Å². The van der Waals surface area contributed by atoms with Crippen LogP contribution in [-0.4, -0.2) is 6.18 Å². The van der Waals surface area contributed by atoms with Gasteiger partial charge in [-0.3, -0.25) is 0 Å². The third kappa shape index (κ3) is 2.42. The molecule has 0 aliphatic carbocycles. The molecule has 0 saturated heterocycles. The number of hydrogen-bond acceptors (Lipinski definition) is 0. The largest absolute Gasteiger partial charge is 0.416 e. The van der Waals surface area contributed by atoms with Crippen molar-refractivity contribution in [2.24, 2.45) is 0 Å². The minimum Gasteiger partial charge on any atom is -0.166 e. The summed E-state index contributed by atoms with van der Waals surface area (Å²) >= 11 is 11.1. The second-order valence-corrected chi connectivity index (χ2v) is 3.42. The fourth-order valence-corrected chi connectivity index (χ4v) is 1.15. The van der Waals surface area contributed by atoms with Crippen LogP contribution in [0.3, 0.4) is 0 Å². The predicted molar refractivity (Wildman–Crippen MR) is 51.6 cm³/mol. The highest BCUT2D eigenvalue weighted by molar-refractivity contribution is 6.42. The maximum absolute atomic E-state index is 12.2. The summed E-state index contributed by atoms with van der Waals surface area (Å²) < 4.78 is 36.6. The van der Waals surface area contributed by atoms with Gasteiger partial charge < -0.3 is 0 Å². The summed E-state index contributed by atoms with van der Waals surface area (Å²) in [6.07, 6.45) is -4.45. The lowest BCUT2D eigenvalue weighted by atomic mass is 10.1. The van der Waals surface area contributed by atoms with Gasteiger partial charge in [-0.2, -0.15) is 13.2 Å². The van der Waals surface area contributed by atoms with Crippen LogP contribution in [0.25, 0.3) is 5.57 Å². The summed E-state index contributed by atoms with van der Waals surface area (Å²) in [7, 11) is 0. The van der Waals surface area contributed by atoms with Crippen molar-refractivity contribution in [1.29, 1.82) is 0 Å². The van der Waals surface area contributed by atoms with Gasteiger partial charge in [0, 0.05) is 0 Å². The number of alkyl halides is 3. The predicted octanol–water partition coefficient (Wildman–Crippen LogP) is 4.57. The monoisotopic (exact) mass is 240 g/mol. The van der Waals surface area contributed by atoms with Gasteiger partial charge >= 0.3 is 6.18 Å². The first-order chi connectivity index (χ1) is 6.32. The fourth-order valence-electron chi connectivity index (χ4n) is 0.848. The summed E-state index contributed by atoms with van der Waals surface area (Å²) in [6.45, 7) is 2.94. The van der Waals surface area contributed by atoms with E-state index in [0.29, 0.717) is 0 Å². The third-order valence-corrected chi connectivity index (χ3v) is 2.35. The van der Waals surface area contributed by atoms with Crippen molar-refractivity contribution < 1.29 is 13.2 Å². The van der Waals surface area contributed by atoms with Crippen LogP contribution in [0.1, 0.15) is 5.56 Å². The Morgan fingerprint density at radius 3 is 2.14 bits per heavy atom. The van der Waals surface area contributed by atoms with Crippen molar-refractivity contribution in [2.45, 2.75) is 6.18 Å². The van der Waals surface area contributed by atoms with Crippen molar-refractivity contribution in [3.8, 4) is 0 Å². The molecule has 0 aromatic heterocycles. The van der Waals surface area contributed by atoms with Crippen LogP contribution >= 0.6 is 23.2 Å². The van der Waals surface area contributed by atoms with E-state index >= 15 is 0 Å². The van der Waals surface area contributed by atoms with Gasteiger partial charge in [-0.25, -0.2) is 0 Å². The van der Waals surface area contributed by atoms with Crippen LogP contribution < -0.4 is 0 Å². The van der Waals surface area contributed by atoms with E-state index < -0.39 is 11.7 Å². The molecule has 0 spiro atoms. The van der Waals surface area contributed by atoms with E-state index in [1.54, 1.807) is 0 Å². The average molecular weight is 241 g/mol. The maximum atomic E-state index is 12.2. The zero-order valence-corrected chi connectivity index (χ0v) is 8.34. The minimum absolute atomic E-state index is 0.0769. The molecule has 0 atom stereocenters. The second kappa shape index (κ2) is 3.83. The van der Waals surface area contributed by atoms with E-state index in [4.69, 9.17) is 23.2 Å². The molecular formula is C9H5Cl2F3. The van der Waals surface area contributed by atoms with Crippen LogP contribution in [-0.2, 0) is 0 Å². The lowest BCUT2D eigenvalue weighted by Gasteiger charge is -2.10. The Balaban J connectivity index is 3.10. The standard InChI is InChI=1S/C9H5Cl2F3/c1-5(9(12,13)14)6-2-3-7(10)8(11)4-6/h2-4H,1H2. The van der Waals surface area contributed by atoms with Gasteiger partial charge in [-0.05, 0) is 17.7 Å². The summed E-state index contributed by atoms with van der Waals surface area (Å²) in [6, 6.07) is 3.67. The fraction of sp³-hybridized carbons (Fsp3) is 0.111. The Morgan fingerprint density at radius 1 is 1.14 bits per heavy atom. The van der Waals surface area contributed by atoms with Gasteiger partial charge in [0.25, 0.3) is 0 Å². The van der Waals surface area contributed by atoms with Gasteiger partial charge in [-0.1, -0.05) is 35.8 Å². The van der Waals surface area contributed by atoms with Gasteiger partial charge in [0.05, 0.1) is 15.6 Å². The number of halogens is 5. The zero-order chi connectivity index (χ0) is 10.9. The van der Waals surface area contributed by atoms with Gasteiger partial charge in [0.15, 0.2) is 0 Å². The number of hydrogen-bond donors (Lipinski definition) is 0. The molecule has 1 rings (SSSR count). The van der Waals surface area contributed by atoms with E-state index in [9.17, 15) is 13.2 Å². The molecule has 0 saturated carbocycles. The first-order valence-corrected chi connectivity index (χ1v) is 4.29. The Bertz CT molecular complexity index is 369. The van der Waals surface area contributed by atoms with Crippen LogP contribution in [0.5, 0.6) is 0 Å². The summed E-state index contributed by atoms with van der Waals surface area (Å²) in [5.41, 5.74) is -1.01. The molecular weight excluding hydrogens is 236 g/mol. The minimum atomic E-state index is -4.45. The molecule has 14 heavy (non-hydrogen) atoms. The van der Waals surface area contributed by atoms with Crippen molar-refractivity contribution in [2.75, 3.05) is 0 Å². The van der Waals surface area contributed by atoms with E-state index in [1.165, 1.54) is 12.1 Å². The van der Waals surface area contributed by atoms with Crippen molar-refractivity contribution in [3.05, 3.63) is 40.4 Å². The highest BCUT2D eigenvalue weighted by Gasteiger charge is 2.32. The smallest absolute Gasteiger partial charge is 0.166 e. The second-order valence-electron chi connectivity index (χ2n) is 2.61. The molecule has 76 valence electrons. The molecule has 0 unspecified atom stereocenters. The van der Waals surface area contributed by atoms with Crippen LogP contribution in [0.4, 0.5) is 13.2 Å². The molecule has 0 aliphatic heterocycles. The van der Waals surface area contributed by atoms with Crippen molar-refractivity contribution >= 4 is 28.8 Å². The lowest BCUT2D eigenvalue weighted by Crippen LogP contribution is -2.09. The quantitative estimate of drug-likeness (QED) is 0.675. The zero-order valence-electron chi connectivity index (χ0n) is 6.83. The molecule has 0 radical (unpaired) electrons. The van der Waals surface area contributed by atoms with E-state index in [-0.39, 0.29) is 15.6 Å². The maximum Gasteiger partial charge on any atom is 0.416 e. The van der Waals surface area contributed by atoms with Gasteiger partial charge in [0.2, 0.25) is 0 Å². The summed E-state index contributed by atoms with van der Waals surface area (Å²) in [5, 5.41) is 0.292. The topological polar surface area (TPSA) is 0 Å². The van der Waals surface area contributed by atoms with E-state index in [0.717, 1.165) is 6.07 Å². The van der Waals surface area contributed by atoms with Gasteiger partial charge in [-0.15, -0.1) is 0 Å². The molecule has 5 heteroatoms. The van der Waals surface area contributed by atoms with E-state index in [1.807, 2.05) is 0 Å². The molecule has 1 aromatic carbocycles. The van der Waals surface area contributed by atoms with Crippen molar-refractivity contribution in [1.82, 2.24) is 0 Å². The Labute approximate surface area is 88.9 Å². The Morgan fingerprint density at radius 2 is 1.71 bits per heavy atom. The summed E-state index contributed by atoms with van der Waals surface area (Å²) in [4.78, 5) is 0. The Hall–Kier alpha value is -0.670.